The summed E-state index contributed by atoms with van der Waals surface area (Å²) in [6.07, 6.45) is 0.743. The van der Waals surface area contributed by atoms with Crippen LogP contribution in [0.2, 0.25) is 0 Å². The van der Waals surface area contributed by atoms with Crippen LogP contribution in [0.5, 0.6) is 0 Å². The molecule has 23 heavy (non-hydrogen) atoms. The summed E-state index contributed by atoms with van der Waals surface area (Å²) >= 11 is 0. The minimum atomic E-state index is 0.154. The standard InChI is InChI=1S/C20H24N2O/c1-14(2)19-18(22-23)13-17(15-9-5-3-6-10-15)21-20(19)16-11-7-4-8-12-16/h3-12,14,17,19-21,23H,13H2,1-2H3/b22-18+/t17-,19-,20+/m1/s1. The summed E-state index contributed by atoms with van der Waals surface area (Å²) in [4.78, 5) is 0. The highest BCUT2D eigenvalue weighted by molar-refractivity contribution is 5.89. The predicted molar refractivity (Wildman–Crippen MR) is 93.7 cm³/mol. The molecule has 0 spiro atoms. The van der Waals surface area contributed by atoms with Crippen molar-refractivity contribution in [2.24, 2.45) is 17.0 Å². The lowest BCUT2D eigenvalue weighted by Crippen LogP contribution is -2.44. The second-order valence-electron chi connectivity index (χ2n) is 6.58. The molecule has 1 aliphatic rings. The van der Waals surface area contributed by atoms with Crippen molar-refractivity contribution in [2.45, 2.75) is 32.4 Å². The maximum atomic E-state index is 9.60. The van der Waals surface area contributed by atoms with Crippen molar-refractivity contribution < 1.29 is 5.21 Å². The Morgan fingerprint density at radius 2 is 1.52 bits per heavy atom. The van der Waals surface area contributed by atoms with Crippen molar-refractivity contribution in [3.8, 4) is 0 Å². The molecule has 1 aliphatic heterocycles. The predicted octanol–water partition coefficient (Wildman–Crippen LogP) is 4.56. The van der Waals surface area contributed by atoms with Gasteiger partial charge >= 0.3 is 0 Å². The third-order valence-electron chi connectivity index (χ3n) is 4.75. The molecule has 0 saturated carbocycles. The van der Waals surface area contributed by atoms with E-state index in [1.807, 2.05) is 12.1 Å². The zero-order valence-electron chi connectivity index (χ0n) is 13.7. The van der Waals surface area contributed by atoms with Gasteiger partial charge in [-0.2, -0.15) is 0 Å². The van der Waals surface area contributed by atoms with Crippen LogP contribution in [-0.4, -0.2) is 10.9 Å². The molecule has 1 saturated heterocycles. The molecule has 0 aliphatic carbocycles. The molecular weight excluding hydrogens is 284 g/mol. The number of oxime groups is 1. The largest absolute Gasteiger partial charge is 0.411 e. The van der Waals surface area contributed by atoms with Gasteiger partial charge in [0.1, 0.15) is 0 Å². The third kappa shape index (κ3) is 3.30. The van der Waals surface area contributed by atoms with Crippen LogP contribution in [0.4, 0.5) is 0 Å². The van der Waals surface area contributed by atoms with Gasteiger partial charge in [-0.25, -0.2) is 0 Å². The van der Waals surface area contributed by atoms with Gasteiger partial charge < -0.3 is 10.5 Å². The van der Waals surface area contributed by atoms with E-state index in [4.69, 9.17) is 0 Å². The number of piperidine rings is 1. The smallest absolute Gasteiger partial charge is 0.0642 e. The average molecular weight is 308 g/mol. The molecule has 0 bridgehead atoms. The van der Waals surface area contributed by atoms with E-state index in [1.165, 1.54) is 11.1 Å². The fourth-order valence-corrected chi connectivity index (χ4v) is 3.66. The summed E-state index contributed by atoms with van der Waals surface area (Å²) in [7, 11) is 0. The Bertz CT molecular complexity index is 652. The van der Waals surface area contributed by atoms with Crippen molar-refractivity contribution in [2.75, 3.05) is 0 Å². The lowest BCUT2D eigenvalue weighted by molar-refractivity contribution is 0.263. The summed E-state index contributed by atoms with van der Waals surface area (Å²) in [6, 6.07) is 21.2. The van der Waals surface area contributed by atoms with Crippen LogP contribution in [0, 0.1) is 11.8 Å². The molecular formula is C20H24N2O. The molecule has 0 aromatic heterocycles. The zero-order valence-corrected chi connectivity index (χ0v) is 13.7. The van der Waals surface area contributed by atoms with Gasteiger partial charge in [-0.3, -0.25) is 0 Å². The SMILES string of the molecule is CC(C)[C@@H]1/C(=N/O)C[C@H](c2ccccc2)N[C@H]1c1ccccc1. The van der Waals surface area contributed by atoms with E-state index < -0.39 is 0 Å². The summed E-state index contributed by atoms with van der Waals surface area (Å²) in [5, 5.41) is 17.1. The lowest BCUT2D eigenvalue weighted by atomic mass is 9.75. The van der Waals surface area contributed by atoms with Crippen molar-refractivity contribution >= 4 is 5.71 Å². The molecule has 1 fully saturated rings. The van der Waals surface area contributed by atoms with Gasteiger partial charge in [-0.1, -0.05) is 79.7 Å². The van der Waals surface area contributed by atoms with Crippen LogP contribution in [0.15, 0.2) is 65.8 Å². The van der Waals surface area contributed by atoms with Crippen molar-refractivity contribution in [3.05, 3.63) is 71.8 Å². The summed E-state index contributed by atoms with van der Waals surface area (Å²) < 4.78 is 0. The molecule has 1 heterocycles. The number of benzene rings is 2. The molecule has 2 aromatic rings. The Kier molecular flexibility index (Phi) is 4.77. The average Bonchev–Trinajstić information content (AvgIpc) is 2.62. The van der Waals surface area contributed by atoms with Gasteiger partial charge in [-0.15, -0.1) is 0 Å². The molecule has 3 rings (SSSR count). The fraction of sp³-hybridized carbons (Fsp3) is 0.350. The Balaban J connectivity index is 1.98. The van der Waals surface area contributed by atoms with Gasteiger partial charge in [0.15, 0.2) is 0 Å². The van der Waals surface area contributed by atoms with E-state index >= 15 is 0 Å². The lowest BCUT2D eigenvalue weighted by Gasteiger charge is -2.40. The van der Waals surface area contributed by atoms with E-state index in [0.29, 0.717) is 5.92 Å². The summed E-state index contributed by atoms with van der Waals surface area (Å²) in [5.41, 5.74) is 3.37. The first-order valence-electron chi connectivity index (χ1n) is 8.27. The number of hydrogen-bond acceptors (Lipinski definition) is 3. The van der Waals surface area contributed by atoms with Gasteiger partial charge in [0.2, 0.25) is 0 Å². The molecule has 120 valence electrons. The zero-order chi connectivity index (χ0) is 16.2. The van der Waals surface area contributed by atoms with Crippen LogP contribution in [0.1, 0.15) is 43.5 Å². The number of nitrogens with one attached hydrogen (secondary N) is 1. The van der Waals surface area contributed by atoms with Crippen molar-refractivity contribution in [1.82, 2.24) is 5.32 Å². The van der Waals surface area contributed by atoms with Crippen LogP contribution >= 0.6 is 0 Å². The Labute approximate surface area is 138 Å². The van der Waals surface area contributed by atoms with Gasteiger partial charge in [-0.05, 0) is 17.0 Å². The topological polar surface area (TPSA) is 44.6 Å². The second-order valence-corrected chi connectivity index (χ2v) is 6.58. The monoisotopic (exact) mass is 308 g/mol. The maximum absolute atomic E-state index is 9.60. The number of hydrogen-bond donors (Lipinski definition) is 2. The van der Waals surface area contributed by atoms with Crippen LogP contribution in [0.3, 0.4) is 0 Å². The van der Waals surface area contributed by atoms with Gasteiger partial charge in [0.05, 0.1) is 5.71 Å². The fourth-order valence-electron chi connectivity index (χ4n) is 3.66. The Morgan fingerprint density at radius 3 is 2.04 bits per heavy atom. The van der Waals surface area contributed by atoms with Crippen molar-refractivity contribution in [1.29, 1.82) is 0 Å². The third-order valence-corrected chi connectivity index (χ3v) is 4.75. The summed E-state index contributed by atoms with van der Waals surface area (Å²) in [5.74, 6) is 0.595. The maximum Gasteiger partial charge on any atom is 0.0642 e. The molecule has 3 atom stereocenters. The minimum absolute atomic E-state index is 0.154. The van der Waals surface area contributed by atoms with Crippen molar-refractivity contribution in [3.63, 3.8) is 0 Å². The second kappa shape index (κ2) is 6.97. The van der Waals surface area contributed by atoms with Crippen LogP contribution in [0.25, 0.3) is 0 Å². The minimum Gasteiger partial charge on any atom is -0.411 e. The van der Waals surface area contributed by atoms with E-state index in [1.54, 1.807) is 0 Å². The van der Waals surface area contributed by atoms with E-state index in [0.717, 1.165) is 12.1 Å². The molecule has 2 N–H and O–H groups in total. The van der Waals surface area contributed by atoms with E-state index in [9.17, 15) is 5.21 Å². The number of nitrogens with zero attached hydrogens (tertiary/aromatic N) is 1. The van der Waals surface area contributed by atoms with Gasteiger partial charge in [0.25, 0.3) is 0 Å². The Morgan fingerprint density at radius 1 is 0.957 bits per heavy atom. The molecule has 0 unspecified atom stereocenters. The quantitative estimate of drug-likeness (QED) is 0.644. The van der Waals surface area contributed by atoms with Crippen LogP contribution < -0.4 is 5.32 Å². The van der Waals surface area contributed by atoms with E-state index in [-0.39, 0.29) is 18.0 Å². The Hall–Kier alpha value is -2.13. The highest BCUT2D eigenvalue weighted by atomic mass is 16.4. The molecule has 3 nitrogen and oxygen atoms in total. The van der Waals surface area contributed by atoms with Crippen LogP contribution in [-0.2, 0) is 0 Å². The molecule has 0 radical (unpaired) electrons. The first-order valence-corrected chi connectivity index (χ1v) is 8.27. The normalized spacial score (nSPS) is 26.6. The first kappa shape index (κ1) is 15.8. The summed E-state index contributed by atoms with van der Waals surface area (Å²) in [6.45, 7) is 4.38. The highest BCUT2D eigenvalue weighted by Gasteiger charge is 2.38. The van der Waals surface area contributed by atoms with E-state index in [2.05, 4.69) is 72.9 Å². The molecule has 3 heteroatoms. The van der Waals surface area contributed by atoms with Gasteiger partial charge in [0, 0.05) is 24.4 Å². The first-order chi connectivity index (χ1) is 11.2. The molecule has 0 amide bonds. The molecule has 2 aromatic carbocycles. The number of rotatable bonds is 3. The highest BCUT2D eigenvalue weighted by Crippen LogP contribution is 2.39.